The summed E-state index contributed by atoms with van der Waals surface area (Å²) in [6.45, 7) is 9.01. The number of morpholine rings is 1. The van der Waals surface area contributed by atoms with E-state index in [0.29, 0.717) is 31.2 Å². The Morgan fingerprint density at radius 2 is 1.96 bits per heavy atom. The number of halogens is 1. The van der Waals surface area contributed by atoms with Crippen molar-refractivity contribution in [2.45, 2.75) is 51.6 Å². The molecule has 0 spiro atoms. The lowest BCUT2D eigenvalue weighted by molar-refractivity contribution is 0.0526. The van der Waals surface area contributed by atoms with Crippen LogP contribution < -0.4 is 20.1 Å². The normalized spacial score (nSPS) is 25.0. The van der Waals surface area contributed by atoms with Gasteiger partial charge in [-0.25, -0.2) is 0 Å². The third-order valence-electron chi connectivity index (χ3n) is 5.46. The number of benzene rings is 1. The molecule has 1 aromatic carbocycles. The molecule has 27 heavy (non-hydrogen) atoms. The molecule has 5 nitrogen and oxygen atoms in total. The molecule has 1 saturated heterocycles. The van der Waals surface area contributed by atoms with Crippen LogP contribution in [0.3, 0.4) is 0 Å². The van der Waals surface area contributed by atoms with Crippen molar-refractivity contribution >= 4 is 12.4 Å². The Morgan fingerprint density at radius 1 is 1.15 bits per heavy atom. The first-order chi connectivity index (χ1) is 12.8. The average molecular weight is 399 g/mol. The summed E-state index contributed by atoms with van der Waals surface area (Å²) in [6.07, 6.45) is 4.90. The van der Waals surface area contributed by atoms with Gasteiger partial charge in [-0.15, -0.1) is 12.4 Å². The molecule has 3 unspecified atom stereocenters. The van der Waals surface area contributed by atoms with Crippen LogP contribution in [0, 0.1) is 5.92 Å². The standard InChI is InChI=1S/C21H34N2O3.ClH/c1-3-25-20-9-8-16(14-21(20)26-4-2)10-11-22-18-7-5-6-17(18)19-15-24-13-12-23-19;/h8-9,14,17-19,22-23H,3-7,10-13,15H2,1-2H3;1H. The van der Waals surface area contributed by atoms with E-state index in [1.165, 1.54) is 24.8 Å². The highest BCUT2D eigenvalue weighted by Crippen LogP contribution is 2.30. The van der Waals surface area contributed by atoms with Crippen LogP contribution in [0.25, 0.3) is 0 Å². The van der Waals surface area contributed by atoms with Gasteiger partial charge >= 0.3 is 0 Å². The molecule has 1 aromatic rings. The topological polar surface area (TPSA) is 51.8 Å². The third kappa shape index (κ3) is 6.24. The van der Waals surface area contributed by atoms with Crippen molar-refractivity contribution in [2.24, 2.45) is 5.92 Å². The largest absolute Gasteiger partial charge is 0.490 e. The Bertz CT molecular complexity index is 552. The van der Waals surface area contributed by atoms with Crippen molar-refractivity contribution in [1.29, 1.82) is 0 Å². The summed E-state index contributed by atoms with van der Waals surface area (Å²) in [5, 5.41) is 7.44. The molecule has 154 valence electrons. The van der Waals surface area contributed by atoms with Gasteiger partial charge in [0.05, 0.1) is 26.4 Å². The van der Waals surface area contributed by atoms with Gasteiger partial charge in [0.25, 0.3) is 0 Å². The van der Waals surface area contributed by atoms with Gasteiger partial charge in [0.15, 0.2) is 11.5 Å². The summed E-state index contributed by atoms with van der Waals surface area (Å²) < 4.78 is 17.1. The fourth-order valence-corrected chi connectivity index (χ4v) is 4.24. The summed E-state index contributed by atoms with van der Waals surface area (Å²) in [4.78, 5) is 0. The van der Waals surface area contributed by atoms with E-state index < -0.39 is 0 Å². The maximum atomic E-state index is 5.74. The summed E-state index contributed by atoms with van der Waals surface area (Å²) in [6, 6.07) is 7.42. The Labute approximate surface area is 169 Å². The van der Waals surface area contributed by atoms with Crippen molar-refractivity contribution in [3.05, 3.63) is 23.8 Å². The quantitative estimate of drug-likeness (QED) is 0.669. The lowest BCUT2D eigenvalue weighted by Crippen LogP contribution is -2.51. The average Bonchev–Trinajstić information content (AvgIpc) is 3.13. The van der Waals surface area contributed by atoms with Gasteiger partial charge in [0.2, 0.25) is 0 Å². The van der Waals surface area contributed by atoms with Crippen LogP contribution in [-0.4, -0.2) is 51.6 Å². The third-order valence-corrected chi connectivity index (χ3v) is 5.46. The van der Waals surface area contributed by atoms with Crippen LogP contribution in [0.15, 0.2) is 18.2 Å². The van der Waals surface area contributed by atoms with Crippen molar-refractivity contribution in [2.75, 3.05) is 39.5 Å². The number of ether oxygens (including phenoxy) is 3. The fourth-order valence-electron chi connectivity index (χ4n) is 4.24. The van der Waals surface area contributed by atoms with Crippen LogP contribution in [0.1, 0.15) is 38.7 Å². The predicted molar refractivity (Wildman–Crippen MR) is 111 cm³/mol. The highest BCUT2D eigenvalue weighted by Gasteiger charge is 2.34. The molecule has 0 aromatic heterocycles. The molecule has 0 bridgehead atoms. The first-order valence-corrected chi connectivity index (χ1v) is 10.2. The molecule has 1 aliphatic carbocycles. The van der Waals surface area contributed by atoms with Crippen molar-refractivity contribution in [3.8, 4) is 11.5 Å². The molecule has 1 saturated carbocycles. The van der Waals surface area contributed by atoms with Crippen LogP contribution >= 0.6 is 12.4 Å². The first kappa shape index (κ1) is 22.3. The van der Waals surface area contributed by atoms with E-state index in [-0.39, 0.29) is 12.4 Å². The second-order valence-corrected chi connectivity index (χ2v) is 7.19. The van der Waals surface area contributed by atoms with Gasteiger partial charge in [-0.2, -0.15) is 0 Å². The maximum Gasteiger partial charge on any atom is 0.161 e. The summed E-state index contributed by atoms with van der Waals surface area (Å²) in [7, 11) is 0. The molecule has 0 amide bonds. The smallest absolute Gasteiger partial charge is 0.161 e. The lowest BCUT2D eigenvalue weighted by Gasteiger charge is -2.33. The summed E-state index contributed by atoms with van der Waals surface area (Å²) in [5.41, 5.74) is 1.29. The molecule has 2 fully saturated rings. The molecular formula is C21H35ClN2O3. The van der Waals surface area contributed by atoms with E-state index in [1.54, 1.807) is 0 Å². The second-order valence-electron chi connectivity index (χ2n) is 7.19. The van der Waals surface area contributed by atoms with E-state index in [1.807, 2.05) is 19.9 Å². The molecule has 2 N–H and O–H groups in total. The molecule has 3 atom stereocenters. The Morgan fingerprint density at radius 3 is 2.70 bits per heavy atom. The van der Waals surface area contributed by atoms with Gasteiger partial charge < -0.3 is 24.8 Å². The van der Waals surface area contributed by atoms with Crippen LogP contribution in [-0.2, 0) is 11.2 Å². The first-order valence-electron chi connectivity index (χ1n) is 10.2. The molecular weight excluding hydrogens is 364 g/mol. The van der Waals surface area contributed by atoms with Gasteiger partial charge in [0.1, 0.15) is 0 Å². The van der Waals surface area contributed by atoms with E-state index in [2.05, 4.69) is 22.8 Å². The van der Waals surface area contributed by atoms with Crippen LogP contribution in [0.4, 0.5) is 0 Å². The minimum atomic E-state index is 0. The molecule has 6 heteroatoms. The summed E-state index contributed by atoms with van der Waals surface area (Å²) in [5.74, 6) is 2.38. The Balaban J connectivity index is 0.00000261. The molecule has 1 heterocycles. The monoisotopic (exact) mass is 398 g/mol. The fraction of sp³-hybridized carbons (Fsp3) is 0.714. The Hall–Kier alpha value is -1.01. The van der Waals surface area contributed by atoms with Gasteiger partial charge in [0, 0.05) is 18.6 Å². The van der Waals surface area contributed by atoms with Gasteiger partial charge in [-0.3, -0.25) is 0 Å². The zero-order valence-electron chi connectivity index (χ0n) is 16.7. The van der Waals surface area contributed by atoms with Crippen LogP contribution in [0.2, 0.25) is 0 Å². The highest BCUT2D eigenvalue weighted by atomic mass is 35.5. The number of rotatable bonds is 9. The van der Waals surface area contributed by atoms with Gasteiger partial charge in [-0.05, 0) is 63.3 Å². The molecule has 1 aliphatic heterocycles. The molecule has 3 rings (SSSR count). The van der Waals surface area contributed by atoms with E-state index >= 15 is 0 Å². The maximum absolute atomic E-state index is 5.74. The molecule has 0 radical (unpaired) electrons. The highest BCUT2D eigenvalue weighted by molar-refractivity contribution is 5.85. The predicted octanol–water partition coefficient (Wildman–Crippen LogP) is 3.20. The second kappa shape index (κ2) is 11.7. The lowest BCUT2D eigenvalue weighted by atomic mass is 9.94. The van der Waals surface area contributed by atoms with Crippen molar-refractivity contribution in [3.63, 3.8) is 0 Å². The number of hydrogen-bond acceptors (Lipinski definition) is 5. The molecule has 2 aliphatic rings. The van der Waals surface area contributed by atoms with Gasteiger partial charge in [-0.1, -0.05) is 12.5 Å². The van der Waals surface area contributed by atoms with Crippen molar-refractivity contribution in [1.82, 2.24) is 10.6 Å². The number of hydrogen-bond donors (Lipinski definition) is 2. The number of nitrogens with one attached hydrogen (secondary N) is 2. The van der Waals surface area contributed by atoms with E-state index in [0.717, 1.165) is 44.2 Å². The van der Waals surface area contributed by atoms with Crippen LogP contribution in [0.5, 0.6) is 11.5 Å². The van der Waals surface area contributed by atoms with E-state index in [4.69, 9.17) is 14.2 Å². The zero-order chi connectivity index (χ0) is 18.2. The van der Waals surface area contributed by atoms with Crippen molar-refractivity contribution < 1.29 is 14.2 Å². The van der Waals surface area contributed by atoms with E-state index in [9.17, 15) is 0 Å². The Kier molecular flexibility index (Phi) is 9.69. The minimum absolute atomic E-state index is 0. The zero-order valence-corrected chi connectivity index (χ0v) is 17.5. The summed E-state index contributed by atoms with van der Waals surface area (Å²) >= 11 is 0. The minimum Gasteiger partial charge on any atom is -0.490 e. The SMILES string of the molecule is CCOc1ccc(CCNC2CCCC2C2COCCN2)cc1OCC.Cl.